The lowest BCUT2D eigenvalue weighted by atomic mass is 9.84. The summed E-state index contributed by atoms with van der Waals surface area (Å²) in [7, 11) is 0. The average molecular weight is 366 g/mol. The molecule has 1 aliphatic rings. The van der Waals surface area contributed by atoms with Crippen LogP contribution < -0.4 is 0 Å². The topological polar surface area (TPSA) is 39.1 Å². The van der Waals surface area contributed by atoms with Crippen molar-refractivity contribution < 1.29 is 9.59 Å². The number of aryl methyl sites for hydroxylation is 1. The molecule has 1 unspecified atom stereocenters. The van der Waals surface area contributed by atoms with Gasteiger partial charge in [-0.25, -0.2) is 0 Å². The molecule has 2 aromatic carbocycles. The summed E-state index contributed by atoms with van der Waals surface area (Å²) < 4.78 is 1.85. The molecule has 4 rings (SSSR count). The maximum Gasteiger partial charge on any atom is 0.262 e. The van der Waals surface area contributed by atoms with Gasteiger partial charge in [-0.2, -0.15) is 0 Å². The largest absolute Gasteiger partial charge is 0.298 e. The van der Waals surface area contributed by atoms with E-state index >= 15 is 0 Å². The number of hydrogen-bond donors (Lipinski definition) is 0. The van der Waals surface area contributed by atoms with Crippen LogP contribution in [0.15, 0.2) is 48.5 Å². The van der Waals surface area contributed by atoms with Crippen LogP contribution in [0.1, 0.15) is 33.6 Å². The molecule has 0 spiro atoms. The third-order valence-corrected chi connectivity index (χ3v) is 5.59. The highest BCUT2D eigenvalue weighted by molar-refractivity contribution is 6.28. The lowest BCUT2D eigenvalue weighted by molar-refractivity contribution is -0.120. The SMILES string of the molecule is Cc1ccc2c(c1)c1c(n2C(=O)c2ccccc2)CCC(C(=O)CCl)C1. The number of aromatic nitrogens is 1. The Kier molecular flexibility index (Phi) is 4.41. The Bertz CT molecular complexity index is 1000. The number of carbonyl (C=O) groups is 2. The highest BCUT2D eigenvalue weighted by atomic mass is 35.5. The third-order valence-electron chi connectivity index (χ3n) is 5.33. The molecule has 0 radical (unpaired) electrons. The van der Waals surface area contributed by atoms with Gasteiger partial charge in [0.1, 0.15) is 0 Å². The second-order valence-corrected chi connectivity index (χ2v) is 7.26. The number of ketones is 1. The second-order valence-electron chi connectivity index (χ2n) is 6.99. The molecule has 3 aromatic rings. The van der Waals surface area contributed by atoms with Crippen LogP contribution in [0, 0.1) is 12.8 Å². The summed E-state index contributed by atoms with van der Waals surface area (Å²) in [6.07, 6.45) is 2.13. The second kappa shape index (κ2) is 6.73. The van der Waals surface area contributed by atoms with Crippen molar-refractivity contribution >= 4 is 34.2 Å². The van der Waals surface area contributed by atoms with Crippen molar-refractivity contribution in [2.75, 3.05) is 5.88 Å². The van der Waals surface area contributed by atoms with Gasteiger partial charge in [0, 0.05) is 22.6 Å². The minimum absolute atomic E-state index is 0.0113. The molecule has 3 nitrogen and oxygen atoms in total. The summed E-state index contributed by atoms with van der Waals surface area (Å²) in [5.74, 6) is 0.0927. The van der Waals surface area contributed by atoms with Crippen LogP contribution in [-0.2, 0) is 17.6 Å². The molecule has 0 N–H and O–H groups in total. The van der Waals surface area contributed by atoms with E-state index < -0.39 is 0 Å². The molecule has 26 heavy (non-hydrogen) atoms. The van der Waals surface area contributed by atoms with E-state index in [1.807, 2.05) is 54.0 Å². The summed E-state index contributed by atoms with van der Waals surface area (Å²) in [5.41, 5.74) is 4.91. The summed E-state index contributed by atoms with van der Waals surface area (Å²) in [5, 5.41) is 1.08. The first-order valence-electron chi connectivity index (χ1n) is 8.91. The predicted molar refractivity (Wildman–Crippen MR) is 104 cm³/mol. The van der Waals surface area contributed by atoms with E-state index in [0.717, 1.165) is 40.6 Å². The standard InChI is InChI=1S/C22H20ClNO2/c1-14-7-9-19-17(11-14)18-12-16(21(25)13-23)8-10-20(18)24(19)22(26)15-5-3-2-4-6-15/h2-7,9,11,16H,8,10,12-13H2,1H3. The Morgan fingerprint density at radius 3 is 2.65 bits per heavy atom. The monoisotopic (exact) mass is 365 g/mol. The third kappa shape index (κ3) is 2.77. The molecule has 1 heterocycles. The Morgan fingerprint density at radius 2 is 1.92 bits per heavy atom. The quantitative estimate of drug-likeness (QED) is 0.639. The highest BCUT2D eigenvalue weighted by Crippen LogP contribution is 2.36. The molecule has 1 aliphatic carbocycles. The number of benzene rings is 2. The summed E-state index contributed by atoms with van der Waals surface area (Å²) in [4.78, 5) is 25.4. The predicted octanol–water partition coefficient (Wildman–Crippen LogP) is 4.55. The van der Waals surface area contributed by atoms with Crippen molar-refractivity contribution in [3.05, 3.63) is 70.9 Å². The number of fused-ring (bicyclic) bond motifs is 3. The fourth-order valence-corrected chi connectivity index (χ4v) is 4.22. The van der Waals surface area contributed by atoms with Gasteiger partial charge < -0.3 is 0 Å². The molecule has 0 bridgehead atoms. The molecule has 1 aromatic heterocycles. The maximum absolute atomic E-state index is 13.2. The van der Waals surface area contributed by atoms with Gasteiger partial charge in [0.05, 0.1) is 11.4 Å². The van der Waals surface area contributed by atoms with Crippen LogP contribution in [-0.4, -0.2) is 22.1 Å². The zero-order valence-electron chi connectivity index (χ0n) is 14.7. The molecule has 0 fully saturated rings. The molecule has 0 amide bonds. The van der Waals surface area contributed by atoms with Gasteiger partial charge in [0.25, 0.3) is 5.91 Å². The van der Waals surface area contributed by atoms with Crippen molar-refractivity contribution in [1.82, 2.24) is 4.57 Å². The minimum atomic E-state index is -0.0496. The molecule has 0 aliphatic heterocycles. The van der Waals surface area contributed by atoms with Crippen molar-refractivity contribution in [3.8, 4) is 0 Å². The fourth-order valence-electron chi connectivity index (χ4n) is 4.00. The van der Waals surface area contributed by atoms with Crippen LogP contribution in [0.2, 0.25) is 0 Å². The van der Waals surface area contributed by atoms with Crippen LogP contribution in [0.3, 0.4) is 0 Å². The zero-order valence-corrected chi connectivity index (χ0v) is 15.4. The summed E-state index contributed by atoms with van der Waals surface area (Å²) >= 11 is 5.78. The van der Waals surface area contributed by atoms with Crippen molar-refractivity contribution in [2.45, 2.75) is 26.2 Å². The molecule has 0 saturated heterocycles. The Labute approximate surface area is 157 Å². The lowest BCUT2D eigenvalue weighted by Gasteiger charge is -2.22. The molecule has 132 valence electrons. The molecule has 4 heteroatoms. The van der Waals surface area contributed by atoms with Gasteiger partial charge in [-0.05, 0) is 56.0 Å². The summed E-state index contributed by atoms with van der Waals surface area (Å²) in [6, 6.07) is 15.5. The first-order valence-corrected chi connectivity index (χ1v) is 9.45. The number of alkyl halides is 1. The first-order chi connectivity index (χ1) is 12.6. The fraction of sp³-hybridized carbons (Fsp3) is 0.273. The van der Waals surface area contributed by atoms with Gasteiger partial charge in [0.2, 0.25) is 0 Å². The molecule has 0 saturated carbocycles. The average Bonchev–Trinajstić information content (AvgIpc) is 3.00. The van der Waals surface area contributed by atoms with Gasteiger partial charge in [0.15, 0.2) is 5.78 Å². The van der Waals surface area contributed by atoms with Crippen LogP contribution >= 0.6 is 11.6 Å². The van der Waals surface area contributed by atoms with Gasteiger partial charge in [-0.15, -0.1) is 11.6 Å². The van der Waals surface area contributed by atoms with E-state index in [0.29, 0.717) is 12.0 Å². The van der Waals surface area contributed by atoms with Gasteiger partial charge in [-0.1, -0.05) is 29.8 Å². The van der Waals surface area contributed by atoms with Crippen molar-refractivity contribution in [2.24, 2.45) is 5.92 Å². The van der Waals surface area contributed by atoms with E-state index in [1.54, 1.807) is 0 Å². The van der Waals surface area contributed by atoms with Gasteiger partial charge in [-0.3, -0.25) is 14.2 Å². The zero-order chi connectivity index (χ0) is 18.3. The number of rotatable bonds is 3. The van der Waals surface area contributed by atoms with E-state index in [1.165, 1.54) is 0 Å². The highest BCUT2D eigenvalue weighted by Gasteiger charge is 2.30. The Balaban J connectivity index is 1.90. The van der Waals surface area contributed by atoms with E-state index in [-0.39, 0.29) is 23.5 Å². The number of Topliss-reactive ketones (excluding diaryl/α,β-unsaturated/α-hetero) is 1. The van der Waals surface area contributed by atoms with Crippen molar-refractivity contribution in [3.63, 3.8) is 0 Å². The number of nitrogens with zero attached hydrogens (tertiary/aromatic N) is 1. The van der Waals surface area contributed by atoms with Crippen LogP contribution in [0.25, 0.3) is 10.9 Å². The molecule has 1 atom stereocenters. The molecular weight excluding hydrogens is 346 g/mol. The van der Waals surface area contributed by atoms with Gasteiger partial charge >= 0.3 is 0 Å². The number of halogens is 1. The van der Waals surface area contributed by atoms with E-state index in [9.17, 15) is 9.59 Å². The van der Waals surface area contributed by atoms with Crippen LogP contribution in [0.5, 0.6) is 0 Å². The van der Waals surface area contributed by atoms with E-state index in [4.69, 9.17) is 11.6 Å². The Morgan fingerprint density at radius 1 is 1.15 bits per heavy atom. The minimum Gasteiger partial charge on any atom is -0.298 e. The Hall–Kier alpha value is -2.39. The maximum atomic E-state index is 13.2. The summed E-state index contributed by atoms with van der Waals surface area (Å²) in [6.45, 7) is 2.05. The number of hydrogen-bond acceptors (Lipinski definition) is 2. The molecular formula is C22H20ClNO2. The first kappa shape index (κ1) is 17.0. The van der Waals surface area contributed by atoms with E-state index in [2.05, 4.69) is 6.07 Å². The van der Waals surface area contributed by atoms with Crippen molar-refractivity contribution in [1.29, 1.82) is 0 Å². The normalized spacial score (nSPS) is 16.5. The smallest absolute Gasteiger partial charge is 0.262 e. The lowest BCUT2D eigenvalue weighted by Crippen LogP contribution is -2.25. The number of carbonyl (C=O) groups excluding carboxylic acids is 2. The van der Waals surface area contributed by atoms with Crippen LogP contribution in [0.4, 0.5) is 0 Å².